The molecule has 0 aliphatic heterocycles. The van der Waals surface area contributed by atoms with Crippen molar-refractivity contribution in [2.45, 2.75) is 6.92 Å². The maximum absolute atomic E-state index is 8.88. The monoisotopic (exact) mass is 268 g/mol. The third-order valence-electron chi connectivity index (χ3n) is 1.85. The molecule has 0 saturated heterocycles. The first-order chi connectivity index (χ1) is 7.27. The molecule has 1 N–H and O–H groups in total. The molecular formula is C11H13BrN2O. The molecule has 0 fully saturated rings. The lowest BCUT2D eigenvalue weighted by Gasteiger charge is -2.08. The van der Waals surface area contributed by atoms with E-state index < -0.39 is 0 Å². The number of nitriles is 1. The van der Waals surface area contributed by atoms with Crippen molar-refractivity contribution in [1.82, 2.24) is 5.32 Å². The molecule has 0 atom stereocenters. The number of hydrogen-bond acceptors (Lipinski definition) is 3. The molecule has 15 heavy (non-hydrogen) atoms. The molecule has 1 aromatic rings. The van der Waals surface area contributed by atoms with E-state index in [2.05, 4.69) is 27.3 Å². The standard InChI is InChI=1S/C11H13BrN2O/c1-2-14-5-6-15-11-4-3-10(12)7-9(11)8-13/h3-4,7,14H,2,5-6H2,1H3. The number of nitrogens with one attached hydrogen (secondary N) is 1. The molecule has 0 heterocycles. The Labute approximate surface area is 98.2 Å². The SMILES string of the molecule is CCNCCOc1ccc(Br)cc1C#N. The quantitative estimate of drug-likeness (QED) is 0.834. The zero-order valence-electron chi connectivity index (χ0n) is 8.59. The normalized spacial score (nSPS) is 9.67. The van der Waals surface area contributed by atoms with Gasteiger partial charge in [0.25, 0.3) is 0 Å². The smallest absolute Gasteiger partial charge is 0.137 e. The van der Waals surface area contributed by atoms with Gasteiger partial charge in [-0.25, -0.2) is 0 Å². The van der Waals surface area contributed by atoms with Crippen LogP contribution < -0.4 is 10.1 Å². The zero-order valence-corrected chi connectivity index (χ0v) is 10.2. The highest BCUT2D eigenvalue weighted by atomic mass is 79.9. The highest BCUT2D eigenvalue weighted by Gasteiger charge is 2.02. The van der Waals surface area contributed by atoms with Crippen LogP contribution in [0.3, 0.4) is 0 Å². The maximum Gasteiger partial charge on any atom is 0.137 e. The molecule has 0 radical (unpaired) electrons. The number of hydrogen-bond donors (Lipinski definition) is 1. The molecule has 3 nitrogen and oxygen atoms in total. The minimum Gasteiger partial charge on any atom is -0.491 e. The molecule has 1 aromatic carbocycles. The molecule has 0 aromatic heterocycles. The van der Waals surface area contributed by atoms with Crippen molar-refractivity contribution in [3.8, 4) is 11.8 Å². The van der Waals surface area contributed by atoms with E-state index in [9.17, 15) is 0 Å². The van der Waals surface area contributed by atoms with E-state index in [-0.39, 0.29) is 0 Å². The fraction of sp³-hybridized carbons (Fsp3) is 0.364. The molecule has 80 valence electrons. The van der Waals surface area contributed by atoms with Gasteiger partial charge in [0.2, 0.25) is 0 Å². The van der Waals surface area contributed by atoms with Crippen molar-refractivity contribution >= 4 is 15.9 Å². The summed E-state index contributed by atoms with van der Waals surface area (Å²) >= 11 is 3.31. The van der Waals surface area contributed by atoms with Crippen LogP contribution in [0.15, 0.2) is 22.7 Å². The third-order valence-corrected chi connectivity index (χ3v) is 2.34. The lowest BCUT2D eigenvalue weighted by atomic mass is 10.2. The molecule has 0 saturated carbocycles. The first-order valence-electron chi connectivity index (χ1n) is 4.81. The molecule has 0 aliphatic rings. The highest BCUT2D eigenvalue weighted by Crippen LogP contribution is 2.22. The van der Waals surface area contributed by atoms with Crippen LogP contribution in [0.4, 0.5) is 0 Å². The Bertz CT molecular complexity index is 360. The van der Waals surface area contributed by atoms with Crippen molar-refractivity contribution in [2.24, 2.45) is 0 Å². The molecule has 0 unspecified atom stereocenters. The number of likely N-dealkylation sites (N-methyl/N-ethyl adjacent to an activating group) is 1. The van der Waals surface area contributed by atoms with E-state index in [4.69, 9.17) is 10.00 Å². The number of nitrogens with zero attached hydrogens (tertiary/aromatic N) is 1. The topological polar surface area (TPSA) is 45.0 Å². The predicted octanol–water partition coefficient (Wildman–Crippen LogP) is 2.31. The lowest BCUT2D eigenvalue weighted by Crippen LogP contribution is -2.20. The third kappa shape index (κ3) is 3.90. The van der Waals surface area contributed by atoms with Gasteiger partial charge in [-0.05, 0) is 24.7 Å². The van der Waals surface area contributed by atoms with Crippen molar-refractivity contribution in [3.05, 3.63) is 28.2 Å². The first kappa shape index (κ1) is 12.0. The fourth-order valence-electron chi connectivity index (χ4n) is 1.13. The van der Waals surface area contributed by atoms with Gasteiger partial charge < -0.3 is 10.1 Å². The van der Waals surface area contributed by atoms with E-state index >= 15 is 0 Å². The van der Waals surface area contributed by atoms with Crippen LogP contribution in [0.2, 0.25) is 0 Å². The summed E-state index contributed by atoms with van der Waals surface area (Å²) in [5.41, 5.74) is 0.556. The first-order valence-corrected chi connectivity index (χ1v) is 5.60. The summed E-state index contributed by atoms with van der Waals surface area (Å²) in [6, 6.07) is 7.52. The molecule has 0 bridgehead atoms. The van der Waals surface area contributed by atoms with Crippen molar-refractivity contribution < 1.29 is 4.74 Å². The van der Waals surface area contributed by atoms with Gasteiger partial charge in [-0.15, -0.1) is 0 Å². The predicted molar refractivity (Wildman–Crippen MR) is 62.9 cm³/mol. The van der Waals surface area contributed by atoms with Gasteiger partial charge >= 0.3 is 0 Å². The molecular weight excluding hydrogens is 256 g/mol. The minimum absolute atomic E-state index is 0.556. The molecule has 0 aliphatic carbocycles. The Morgan fingerprint density at radius 2 is 2.33 bits per heavy atom. The fourth-order valence-corrected chi connectivity index (χ4v) is 1.49. The summed E-state index contributed by atoms with van der Waals surface area (Å²) in [6.07, 6.45) is 0. The van der Waals surface area contributed by atoms with E-state index in [1.165, 1.54) is 0 Å². The van der Waals surface area contributed by atoms with Gasteiger partial charge in [-0.3, -0.25) is 0 Å². The summed E-state index contributed by atoms with van der Waals surface area (Å²) in [5, 5.41) is 12.0. The van der Waals surface area contributed by atoms with Gasteiger partial charge in [0.05, 0.1) is 5.56 Å². The molecule has 1 rings (SSSR count). The zero-order chi connectivity index (χ0) is 11.1. The second kappa shape index (κ2) is 6.44. The summed E-state index contributed by atoms with van der Waals surface area (Å²) in [5.74, 6) is 0.638. The lowest BCUT2D eigenvalue weighted by molar-refractivity contribution is 0.314. The Hall–Kier alpha value is -1.05. The maximum atomic E-state index is 8.88. The second-order valence-electron chi connectivity index (χ2n) is 2.95. The van der Waals surface area contributed by atoms with Crippen LogP contribution in [0.1, 0.15) is 12.5 Å². The largest absolute Gasteiger partial charge is 0.491 e. The van der Waals surface area contributed by atoms with Gasteiger partial charge in [0.15, 0.2) is 0 Å². The van der Waals surface area contributed by atoms with Crippen LogP contribution in [0.5, 0.6) is 5.75 Å². The molecule has 0 spiro atoms. The number of ether oxygens (including phenoxy) is 1. The Morgan fingerprint density at radius 1 is 1.53 bits per heavy atom. The van der Waals surface area contributed by atoms with Crippen LogP contribution in [-0.2, 0) is 0 Å². The Kier molecular flexibility index (Phi) is 5.16. The Balaban J connectivity index is 2.57. The van der Waals surface area contributed by atoms with Crippen LogP contribution >= 0.6 is 15.9 Å². The number of halogens is 1. The van der Waals surface area contributed by atoms with Crippen LogP contribution in [0.25, 0.3) is 0 Å². The summed E-state index contributed by atoms with van der Waals surface area (Å²) in [4.78, 5) is 0. The van der Waals surface area contributed by atoms with Crippen molar-refractivity contribution in [1.29, 1.82) is 5.26 Å². The average Bonchev–Trinajstić information content (AvgIpc) is 2.26. The van der Waals surface area contributed by atoms with E-state index in [1.807, 2.05) is 13.0 Å². The van der Waals surface area contributed by atoms with Crippen LogP contribution in [0, 0.1) is 11.3 Å². The Morgan fingerprint density at radius 3 is 3.00 bits per heavy atom. The highest BCUT2D eigenvalue weighted by molar-refractivity contribution is 9.10. The minimum atomic E-state index is 0.556. The van der Waals surface area contributed by atoms with Crippen molar-refractivity contribution in [2.75, 3.05) is 19.7 Å². The van der Waals surface area contributed by atoms with Gasteiger partial charge in [0.1, 0.15) is 18.4 Å². The molecule has 4 heteroatoms. The summed E-state index contributed by atoms with van der Waals surface area (Å²) < 4.78 is 6.37. The van der Waals surface area contributed by atoms with E-state index in [1.54, 1.807) is 12.1 Å². The second-order valence-corrected chi connectivity index (χ2v) is 3.87. The summed E-state index contributed by atoms with van der Waals surface area (Å²) in [6.45, 7) is 4.33. The van der Waals surface area contributed by atoms with Gasteiger partial charge in [-0.1, -0.05) is 22.9 Å². The summed E-state index contributed by atoms with van der Waals surface area (Å²) in [7, 11) is 0. The van der Waals surface area contributed by atoms with Gasteiger partial charge in [0, 0.05) is 11.0 Å². The average molecular weight is 269 g/mol. The number of rotatable bonds is 5. The van der Waals surface area contributed by atoms with E-state index in [0.29, 0.717) is 17.9 Å². The van der Waals surface area contributed by atoms with Crippen LogP contribution in [-0.4, -0.2) is 19.7 Å². The molecule has 0 amide bonds. The van der Waals surface area contributed by atoms with Gasteiger partial charge in [-0.2, -0.15) is 5.26 Å². The van der Waals surface area contributed by atoms with Crippen molar-refractivity contribution in [3.63, 3.8) is 0 Å². The van der Waals surface area contributed by atoms with E-state index in [0.717, 1.165) is 17.6 Å². The number of benzene rings is 1.